The quantitative estimate of drug-likeness (QED) is 0.659. The molecule has 2 heterocycles. The van der Waals surface area contributed by atoms with Gasteiger partial charge in [0, 0.05) is 6.07 Å². The normalized spacial score (nSPS) is 12.3. The number of aromatic nitrogens is 2. The summed E-state index contributed by atoms with van der Waals surface area (Å²) in [5.74, 6) is 1.87. The summed E-state index contributed by atoms with van der Waals surface area (Å²) in [5.41, 5.74) is 7.54. The number of ether oxygens (including phenoxy) is 3. The molecule has 0 spiro atoms. The van der Waals surface area contributed by atoms with Gasteiger partial charge in [0.1, 0.15) is 11.6 Å². The fourth-order valence-corrected chi connectivity index (χ4v) is 2.03. The molecule has 7 nitrogen and oxygen atoms in total. The zero-order chi connectivity index (χ0) is 15.0. The number of hydrogen-bond acceptors (Lipinski definition) is 6. The highest BCUT2D eigenvalue weighted by Gasteiger charge is 2.18. The molecular formula is C14H14N4O3. The Kier molecular flexibility index (Phi) is 3.09. The monoisotopic (exact) mass is 286 g/mol. The van der Waals surface area contributed by atoms with E-state index in [2.05, 4.69) is 10.2 Å². The minimum Gasteiger partial charge on any atom is -0.454 e. The first kappa shape index (κ1) is 13.2. The van der Waals surface area contributed by atoms with Crippen LogP contribution in [-0.2, 0) is 0 Å². The number of nitrogens with two attached hydrogens (primary N) is 1. The van der Waals surface area contributed by atoms with Crippen LogP contribution in [0.3, 0.4) is 0 Å². The summed E-state index contributed by atoms with van der Waals surface area (Å²) in [7, 11) is 0. The lowest BCUT2D eigenvalue weighted by atomic mass is 10.1. The maximum absolute atomic E-state index is 7.69. The summed E-state index contributed by atoms with van der Waals surface area (Å²) in [6, 6.07) is 5.18. The molecule has 1 aliphatic heterocycles. The van der Waals surface area contributed by atoms with E-state index >= 15 is 0 Å². The highest BCUT2D eigenvalue weighted by molar-refractivity contribution is 5.98. The van der Waals surface area contributed by atoms with Crippen molar-refractivity contribution in [1.29, 1.82) is 5.41 Å². The van der Waals surface area contributed by atoms with E-state index in [4.69, 9.17) is 25.4 Å². The lowest BCUT2D eigenvalue weighted by Crippen LogP contribution is -2.16. The molecule has 7 heteroatoms. The van der Waals surface area contributed by atoms with Crippen molar-refractivity contribution in [2.24, 2.45) is 5.73 Å². The second-order valence-corrected chi connectivity index (χ2v) is 4.62. The molecule has 1 aliphatic rings. The minimum absolute atomic E-state index is 0.110. The zero-order valence-corrected chi connectivity index (χ0v) is 11.6. The van der Waals surface area contributed by atoms with Crippen molar-refractivity contribution < 1.29 is 14.2 Å². The van der Waals surface area contributed by atoms with Crippen molar-refractivity contribution in [1.82, 2.24) is 10.2 Å². The molecule has 0 radical (unpaired) electrons. The van der Waals surface area contributed by atoms with Gasteiger partial charge in [0.15, 0.2) is 11.5 Å². The van der Waals surface area contributed by atoms with E-state index in [1.807, 2.05) is 6.92 Å². The van der Waals surface area contributed by atoms with Gasteiger partial charge in [-0.2, -0.15) is 5.10 Å². The molecular weight excluding hydrogens is 272 g/mol. The van der Waals surface area contributed by atoms with Crippen LogP contribution in [-0.4, -0.2) is 22.8 Å². The molecule has 1 aromatic heterocycles. The van der Waals surface area contributed by atoms with E-state index in [-0.39, 0.29) is 18.5 Å². The van der Waals surface area contributed by atoms with Gasteiger partial charge < -0.3 is 19.9 Å². The largest absolute Gasteiger partial charge is 0.454 e. The molecule has 0 saturated heterocycles. The number of nitrogens with one attached hydrogen (secondary N) is 1. The van der Waals surface area contributed by atoms with Gasteiger partial charge in [0.2, 0.25) is 12.7 Å². The Bertz CT molecular complexity index is 730. The van der Waals surface area contributed by atoms with Crippen LogP contribution in [0.2, 0.25) is 0 Å². The van der Waals surface area contributed by atoms with Gasteiger partial charge in [0.05, 0.1) is 11.3 Å². The third-order valence-electron chi connectivity index (χ3n) is 3.25. The Morgan fingerprint density at radius 3 is 2.76 bits per heavy atom. The van der Waals surface area contributed by atoms with Crippen molar-refractivity contribution in [2.75, 3.05) is 6.79 Å². The maximum atomic E-state index is 7.69. The number of aryl methyl sites for hydroxylation is 1. The molecule has 0 fully saturated rings. The van der Waals surface area contributed by atoms with Gasteiger partial charge in [-0.1, -0.05) is 0 Å². The van der Waals surface area contributed by atoms with E-state index in [0.29, 0.717) is 28.5 Å². The van der Waals surface area contributed by atoms with Crippen LogP contribution in [0.5, 0.6) is 23.1 Å². The first-order valence-corrected chi connectivity index (χ1v) is 6.32. The van der Waals surface area contributed by atoms with Crippen LogP contribution in [0, 0.1) is 19.3 Å². The topological polar surface area (TPSA) is 103 Å². The molecule has 3 N–H and O–H groups in total. The zero-order valence-electron chi connectivity index (χ0n) is 11.6. The van der Waals surface area contributed by atoms with Gasteiger partial charge >= 0.3 is 0 Å². The van der Waals surface area contributed by atoms with E-state index < -0.39 is 0 Å². The van der Waals surface area contributed by atoms with Crippen LogP contribution in [0.4, 0.5) is 0 Å². The molecule has 2 aromatic rings. The fourth-order valence-electron chi connectivity index (χ4n) is 2.03. The van der Waals surface area contributed by atoms with E-state index in [1.54, 1.807) is 25.1 Å². The lowest BCUT2D eigenvalue weighted by Gasteiger charge is -2.12. The second-order valence-electron chi connectivity index (χ2n) is 4.62. The first-order chi connectivity index (χ1) is 10.1. The van der Waals surface area contributed by atoms with E-state index in [9.17, 15) is 0 Å². The molecule has 0 aliphatic carbocycles. The number of benzene rings is 1. The van der Waals surface area contributed by atoms with Gasteiger partial charge in [-0.3, -0.25) is 5.41 Å². The third-order valence-corrected chi connectivity index (χ3v) is 3.25. The number of nitrogens with zero attached hydrogens (tertiary/aromatic N) is 2. The first-order valence-electron chi connectivity index (χ1n) is 6.32. The Labute approximate surface area is 121 Å². The molecule has 0 saturated carbocycles. The van der Waals surface area contributed by atoms with Crippen LogP contribution in [0.1, 0.15) is 16.8 Å². The van der Waals surface area contributed by atoms with Crippen LogP contribution in [0.15, 0.2) is 18.2 Å². The third kappa shape index (κ3) is 2.33. The van der Waals surface area contributed by atoms with Gasteiger partial charge in [0.25, 0.3) is 0 Å². The summed E-state index contributed by atoms with van der Waals surface area (Å²) in [6.07, 6.45) is 0. The average Bonchev–Trinajstić information content (AvgIpc) is 2.90. The SMILES string of the molecule is Cc1nnc(Oc2ccc3c(c2)OCO3)c(C(=N)N)c1C. The van der Waals surface area contributed by atoms with Crippen molar-refractivity contribution in [3.05, 3.63) is 35.0 Å². The van der Waals surface area contributed by atoms with E-state index in [1.165, 1.54) is 0 Å². The molecule has 0 atom stereocenters. The second kappa shape index (κ2) is 4.93. The van der Waals surface area contributed by atoms with Crippen molar-refractivity contribution in [3.8, 4) is 23.1 Å². The number of fused-ring (bicyclic) bond motifs is 1. The van der Waals surface area contributed by atoms with Gasteiger partial charge in [-0.25, -0.2) is 0 Å². The molecule has 0 amide bonds. The van der Waals surface area contributed by atoms with E-state index in [0.717, 1.165) is 5.56 Å². The molecule has 0 bridgehead atoms. The Morgan fingerprint density at radius 1 is 1.24 bits per heavy atom. The number of amidine groups is 1. The molecule has 3 rings (SSSR count). The average molecular weight is 286 g/mol. The van der Waals surface area contributed by atoms with Crippen LogP contribution in [0.25, 0.3) is 0 Å². The summed E-state index contributed by atoms with van der Waals surface area (Å²) in [4.78, 5) is 0. The molecule has 1 aromatic carbocycles. The maximum Gasteiger partial charge on any atom is 0.250 e. The Hall–Kier alpha value is -2.83. The highest BCUT2D eigenvalue weighted by Crippen LogP contribution is 2.36. The summed E-state index contributed by atoms with van der Waals surface area (Å²) in [6.45, 7) is 3.83. The Balaban J connectivity index is 1.98. The lowest BCUT2D eigenvalue weighted by molar-refractivity contribution is 0.174. The van der Waals surface area contributed by atoms with Gasteiger partial charge in [-0.05, 0) is 31.5 Å². The fraction of sp³-hybridized carbons (Fsp3) is 0.214. The summed E-state index contributed by atoms with van der Waals surface area (Å²) >= 11 is 0. The number of rotatable bonds is 3. The predicted octanol–water partition coefficient (Wildman–Crippen LogP) is 1.90. The van der Waals surface area contributed by atoms with Crippen molar-refractivity contribution in [3.63, 3.8) is 0 Å². The van der Waals surface area contributed by atoms with Crippen LogP contribution < -0.4 is 19.9 Å². The summed E-state index contributed by atoms with van der Waals surface area (Å²) < 4.78 is 16.2. The minimum atomic E-state index is -0.110. The van der Waals surface area contributed by atoms with Crippen LogP contribution >= 0.6 is 0 Å². The predicted molar refractivity (Wildman–Crippen MR) is 75.2 cm³/mol. The molecule has 108 valence electrons. The van der Waals surface area contributed by atoms with Gasteiger partial charge in [-0.15, -0.1) is 5.10 Å². The molecule has 21 heavy (non-hydrogen) atoms. The Morgan fingerprint density at radius 2 is 2.00 bits per heavy atom. The van der Waals surface area contributed by atoms with Crippen molar-refractivity contribution >= 4 is 5.84 Å². The number of hydrogen-bond donors (Lipinski definition) is 2. The standard InChI is InChI=1S/C14H14N4O3/c1-7-8(2)17-18-14(12(7)13(15)16)21-9-3-4-10-11(5-9)20-6-19-10/h3-5H,6H2,1-2H3,(H3,15,16). The summed E-state index contributed by atoms with van der Waals surface area (Å²) in [5, 5.41) is 15.7. The van der Waals surface area contributed by atoms with Crippen molar-refractivity contribution in [2.45, 2.75) is 13.8 Å². The highest BCUT2D eigenvalue weighted by atomic mass is 16.7. The smallest absolute Gasteiger partial charge is 0.250 e. The molecule has 0 unspecified atom stereocenters. The number of nitrogen functional groups attached to an aromatic ring is 1.